The maximum absolute atomic E-state index is 12.2. The molecule has 0 heterocycles. The smallest absolute Gasteiger partial charge is 0.411 e. The predicted octanol–water partition coefficient (Wildman–Crippen LogP) is 4.14. The summed E-state index contributed by atoms with van der Waals surface area (Å²) in [5, 5.41) is 15.4. The first-order chi connectivity index (χ1) is 17.1. The normalized spacial score (nSPS) is 12.3. The number of hydrogen-bond donors (Lipinski definition) is 5. The van der Waals surface area contributed by atoms with Gasteiger partial charge in [0, 0.05) is 29.4 Å². The minimum atomic E-state index is -1.07. The Hall–Kier alpha value is -4.37. The quantitative estimate of drug-likeness (QED) is 0.286. The van der Waals surface area contributed by atoms with Gasteiger partial charge in [-0.3, -0.25) is 10.1 Å². The molecule has 7 N–H and O–H groups in total. The molecule has 0 aromatic heterocycles. The summed E-state index contributed by atoms with van der Waals surface area (Å²) in [6, 6.07) is 17.7. The highest BCUT2D eigenvalue weighted by Crippen LogP contribution is 2.24. The molecule has 0 spiro atoms. The van der Waals surface area contributed by atoms with E-state index in [1.807, 2.05) is 32.0 Å². The number of aliphatic carboxylic acids is 1. The Bertz CT molecular complexity index is 1260. The lowest BCUT2D eigenvalue weighted by atomic mass is 9.98. The van der Waals surface area contributed by atoms with Crippen LogP contribution in [0.5, 0.6) is 0 Å². The van der Waals surface area contributed by atoms with Gasteiger partial charge in [0.2, 0.25) is 5.91 Å². The van der Waals surface area contributed by atoms with Gasteiger partial charge in [-0.2, -0.15) is 0 Å². The molecular weight excluding hydrogens is 460 g/mol. The molecular formula is C27H30N4O5. The van der Waals surface area contributed by atoms with Crippen molar-refractivity contribution in [2.24, 2.45) is 11.5 Å². The largest absolute Gasteiger partial charge is 0.479 e. The number of aryl methyl sites for hydroxylation is 1. The Labute approximate surface area is 209 Å². The Kier molecular flexibility index (Phi) is 8.64. The molecule has 36 heavy (non-hydrogen) atoms. The molecule has 0 fully saturated rings. The third-order valence-corrected chi connectivity index (χ3v) is 5.67. The fourth-order valence-electron chi connectivity index (χ4n) is 3.70. The van der Waals surface area contributed by atoms with Gasteiger partial charge in [-0.25, -0.2) is 9.59 Å². The van der Waals surface area contributed by atoms with Crippen molar-refractivity contribution < 1.29 is 24.2 Å². The lowest BCUT2D eigenvalue weighted by molar-refractivity contribution is -0.138. The molecule has 0 aliphatic rings. The van der Waals surface area contributed by atoms with Crippen LogP contribution >= 0.6 is 0 Å². The molecule has 0 bridgehead atoms. The van der Waals surface area contributed by atoms with Crippen LogP contribution in [0.15, 0.2) is 66.7 Å². The molecule has 0 saturated heterocycles. The third kappa shape index (κ3) is 7.07. The van der Waals surface area contributed by atoms with E-state index in [-0.39, 0.29) is 18.2 Å². The zero-order chi connectivity index (χ0) is 26.2. The molecule has 0 aliphatic carbocycles. The standard InChI is InChI=1S/C27H30N4O5/c1-16-13-20(24(26(33)34)30-22-7-4-6-21(15-22)25(29)32)10-9-18(16)11-12-36-27(35)31-23-8-3-5-19(14-23)17(2)28/h3-10,13-15,17,24,30H,11-12,28H2,1-2H3,(H2,29,32)(H,31,35)(H,33,34)/t17-,24?/m1/s1. The van der Waals surface area contributed by atoms with Crippen molar-refractivity contribution in [2.45, 2.75) is 32.4 Å². The fourth-order valence-corrected chi connectivity index (χ4v) is 3.70. The first kappa shape index (κ1) is 26.2. The SMILES string of the molecule is Cc1cc(C(Nc2cccc(C(N)=O)c2)C(=O)O)ccc1CCOC(=O)Nc1cccc([C@@H](C)N)c1. The van der Waals surface area contributed by atoms with Crippen molar-refractivity contribution in [2.75, 3.05) is 17.2 Å². The van der Waals surface area contributed by atoms with E-state index in [1.165, 1.54) is 6.07 Å². The first-order valence-corrected chi connectivity index (χ1v) is 11.4. The van der Waals surface area contributed by atoms with Gasteiger partial charge in [0.25, 0.3) is 0 Å². The molecule has 188 valence electrons. The highest BCUT2D eigenvalue weighted by Gasteiger charge is 2.21. The van der Waals surface area contributed by atoms with E-state index in [4.69, 9.17) is 16.2 Å². The summed E-state index contributed by atoms with van der Waals surface area (Å²) in [6.07, 6.45) is -0.106. The number of primary amides is 1. The Morgan fingerprint density at radius 2 is 1.69 bits per heavy atom. The van der Waals surface area contributed by atoms with Gasteiger partial charge in [0.05, 0.1) is 6.61 Å². The highest BCUT2D eigenvalue weighted by molar-refractivity contribution is 5.94. The minimum Gasteiger partial charge on any atom is -0.479 e. The summed E-state index contributed by atoms with van der Waals surface area (Å²) in [4.78, 5) is 35.5. The number of nitrogens with two attached hydrogens (primary N) is 2. The van der Waals surface area contributed by atoms with Crippen LogP contribution in [0, 0.1) is 6.92 Å². The van der Waals surface area contributed by atoms with E-state index in [1.54, 1.807) is 42.5 Å². The summed E-state index contributed by atoms with van der Waals surface area (Å²) in [5.41, 5.74) is 15.8. The zero-order valence-electron chi connectivity index (χ0n) is 20.2. The molecule has 1 unspecified atom stereocenters. The number of amides is 2. The molecule has 0 saturated carbocycles. The fraction of sp³-hybridized carbons (Fsp3) is 0.222. The van der Waals surface area contributed by atoms with Gasteiger partial charge in [-0.05, 0) is 66.4 Å². The lowest BCUT2D eigenvalue weighted by Crippen LogP contribution is -2.21. The molecule has 2 atom stereocenters. The van der Waals surface area contributed by atoms with Crippen LogP contribution < -0.4 is 22.1 Å². The number of ether oxygens (including phenoxy) is 1. The van der Waals surface area contributed by atoms with Gasteiger partial charge >= 0.3 is 12.1 Å². The molecule has 3 aromatic rings. The zero-order valence-corrected chi connectivity index (χ0v) is 20.2. The Balaban J connectivity index is 1.60. The van der Waals surface area contributed by atoms with Crippen LogP contribution in [0.1, 0.15) is 51.6 Å². The van der Waals surface area contributed by atoms with E-state index in [9.17, 15) is 19.5 Å². The van der Waals surface area contributed by atoms with Gasteiger partial charge in [-0.1, -0.05) is 36.4 Å². The Morgan fingerprint density at radius 1 is 0.972 bits per heavy atom. The second-order valence-electron chi connectivity index (χ2n) is 8.47. The molecule has 3 rings (SSSR count). The molecule has 3 aromatic carbocycles. The van der Waals surface area contributed by atoms with E-state index in [2.05, 4.69) is 10.6 Å². The van der Waals surface area contributed by atoms with Crippen LogP contribution in [-0.2, 0) is 16.0 Å². The van der Waals surface area contributed by atoms with E-state index in [0.717, 1.165) is 16.7 Å². The van der Waals surface area contributed by atoms with Crippen LogP contribution in [0.4, 0.5) is 16.2 Å². The van der Waals surface area contributed by atoms with Crippen molar-refractivity contribution in [3.63, 3.8) is 0 Å². The minimum absolute atomic E-state index is 0.148. The number of anilines is 2. The van der Waals surface area contributed by atoms with Gasteiger partial charge in [0.1, 0.15) is 0 Å². The maximum atomic E-state index is 12.2. The van der Waals surface area contributed by atoms with E-state index < -0.39 is 24.0 Å². The number of carboxylic acids is 1. The van der Waals surface area contributed by atoms with Crippen molar-refractivity contribution in [1.82, 2.24) is 0 Å². The van der Waals surface area contributed by atoms with Crippen LogP contribution in [0.2, 0.25) is 0 Å². The van der Waals surface area contributed by atoms with Crippen molar-refractivity contribution in [3.8, 4) is 0 Å². The second kappa shape index (κ2) is 11.9. The van der Waals surface area contributed by atoms with E-state index in [0.29, 0.717) is 23.4 Å². The number of nitrogens with one attached hydrogen (secondary N) is 2. The van der Waals surface area contributed by atoms with Gasteiger partial charge < -0.3 is 26.6 Å². The second-order valence-corrected chi connectivity index (χ2v) is 8.47. The van der Waals surface area contributed by atoms with Crippen molar-refractivity contribution >= 4 is 29.3 Å². The topological polar surface area (TPSA) is 157 Å². The van der Waals surface area contributed by atoms with E-state index >= 15 is 0 Å². The number of carboxylic acid groups (broad SMARTS) is 1. The number of carbonyl (C=O) groups is 3. The summed E-state index contributed by atoms with van der Waals surface area (Å²) >= 11 is 0. The van der Waals surface area contributed by atoms with Crippen molar-refractivity contribution in [3.05, 3.63) is 94.5 Å². The first-order valence-electron chi connectivity index (χ1n) is 11.4. The van der Waals surface area contributed by atoms with Gasteiger partial charge in [0.15, 0.2) is 6.04 Å². The summed E-state index contributed by atoms with van der Waals surface area (Å²) in [7, 11) is 0. The average Bonchev–Trinajstić information content (AvgIpc) is 2.83. The summed E-state index contributed by atoms with van der Waals surface area (Å²) < 4.78 is 5.31. The molecule has 0 radical (unpaired) electrons. The molecule has 9 heteroatoms. The average molecular weight is 491 g/mol. The summed E-state index contributed by atoms with van der Waals surface area (Å²) in [6.45, 7) is 3.88. The molecule has 0 aliphatic heterocycles. The molecule has 9 nitrogen and oxygen atoms in total. The Morgan fingerprint density at radius 3 is 2.36 bits per heavy atom. The number of benzene rings is 3. The molecule has 2 amide bonds. The number of carbonyl (C=O) groups excluding carboxylic acids is 2. The lowest BCUT2D eigenvalue weighted by Gasteiger charge is -2.18. The number of rotatable bonds is 10. The van der Waals surface area contributed by atoms with Crippen molar-refractivity contribution in [1.29, 1.82) is 0 Å². The number of hydrogen-bond acceptors (Lipinski definition) is 6. The van der Waals surface area contributed by atoms with Crippen LogP contribution in [0.3, 0.4) is 0 Å². The highest BCUT2D eigenvalue weighted by atomic mass is 16.5. The van der Waals surface area contributed by atoms with Crippen LogP contribution in [-0.4, -0.2) is 29.7 Å². The third-order valence-electron chi connectivity index (χ3n) is 5.67. The van der Waals surface area contributed by atoms with Crippen LogP contribution in [0.25, 0.3) is 0 Å². The van der Waals surface area contributed by atoms with Gasteiger partial charge in [-0.15, -0.1) is 0 Å². The monoisotopic (exact) mass is 490 g/mol. The predicted molar refractivity (Wildman–Crippen MR) is 138 cm³/mol. The maximum Gasteiger partial charge on any atom is 0.411 e. The summed E-state index contributed by atoms with van der Waals surface area (Å²) in [5.74, 6) is -1.67.